The zero-order valence-corrected chi connectivity index (χ0v) is 3.78. The average molecular weight is 104 g/mol. The summed E-state index contributed by atoms with van der Waals surface area (Å²) < 4.78 is 0. The Kier molecular flexibility index (Phi) is 2.91. The van der Waals surface area contributed by atoms with Crippen molar-refractivity contribution in [3.05, 3.63) is 13.5 Å². The molecule has 2 atom stereocenters. The summed E-state index contributed by atoms with van der Waals surface area (Å²) in [5.74, 6) is 0. The molecular weight excluding hydrogens is 96.0 g/mol. The zero-order chi connectivity index (χ0) is 5.86. The molecule has 0 fully saturated rings. The van der Waals surface area contributed by atoms with Crippen molar-refractivity contribution in [2.75, 3.05) is 0 Å². The fourth-order valence-electron chi connectivity index (χ4n) is 0.0993. The van der Waals surface area contributed by atoms with Crippen molar-refractivity contribution in [3.63, 3.8) is 0 Å². The second kappa shape index (κ2) is 2.96. The van der Waals surface area contributed by atoms with Crippen LogP contribution in [0.4, 0.5) is 0 Å². The van der Waals surface area contributed by atoms with E-state index in [1.54, 1.807) is 0 Å². The molecular formula is C4H8O3. The molecule has 3 N–H and O–H groups in total. The van der Waals surface area contributed by atoms with Gasteiger partial charge in [-0.1, -0.05) is 0 Å². The fraction of sp³-hybridized carbons (Fsp3) is 0.500. The minimum atomic E-state index is -1.22. The zero-order valence-electron chi connectivity index (χ0n) is 3.78. The van der Waals surface area contributed by atoms with Crippen LogP contribution in [0.3, 0.4) is 0 Å². The highest BCUT2D eigenvalue weighted by atomic mass is 16.4. The average Bonchev–Trinajstić information content (AvgIpc) is 1.65. The Morgan fingerprint density at radius 1 is 1.43 bits per heavy atom. The van der Waals surface area contributed by atoms with Gasteiger partial charge in [0.05, 0.1) is 6.10 Å². The molecule has 0 rings (SSSR count). The van der Waals surface area contributed by atoms with Crippen molar-refractivity contribution in [3.8, 4) is 0 Å². The van der Waals surface area contributed by atoms with Gasteiger partial charge in [-0.2, -0.15) is 0 Å². The first-order valence-corrected chi connectivity index (χ1v) is 1.85. The van der Waals surface area contributed by atoms with Gasteiger partial charge in [0, 0.05) is 0 Å². The van der Waals surface area contributed by atoms with Crippen LogP contribution in [0.1, 0.15) is 0 Å². The molecule has 0 heterocycles. The maximum atomic E-state index is 8.32. The van der Waals surface area contributed by atoms with E-state index in [9.17, 15) is 0 Å². The van der Waals surface area contributed by atoms with E-state index in [1.807, 2.05) is 0 Å². The van der Waals surface area contributed by atoms with E-state index in [1.165, 1.54) is 0 Å². The third-order valence-electron chi connectivity index (χ3n) is 0.547. The predicted molar refractivity (Wildman–Crippen MR) is 23.6 cm³/mol. The van der Waals surface area contributed by atoms with Crippen LogP contribution in [-0.4, -0.2) is 27.5 Å². The Hall–Kier alpha value is -0.120. The third kappa shape index (κ3) is 2.56. The standard InChI is InChI=1S/C4H8O3/c1-3(6)4(7)2-5/h2-7H,1H2. The maximum Gasteiger partial charge on any atom is 0.111 e. The lowest BCUT2D eigenvalue weighted by molar-refractivity contribution is 0.0387. The molecule has 42 valence electrons. The highest BCUT2D eigenvalue weighted by Gasteiger charge is 2.07. The molecule has 2 radical (unpaired) electrons. The molecule has 2 unspecified atom stereocenters. The van der Waals surface area contributed by atoms with Gasteiger partial charge < -0.3 is 15.3 Å². The molecule has 0 aromatic carbocycles. The second-order valence-corrected chi connectivity index (χ2v) is 1.21. The molecule has 0 aliphatic carbocycles. The van der Waals surface area contributed by atoms with Gasteiger partial charge in [-0.25, -0.2) is 0 Å². The number of hydrogen-bond acceptors (Lipinski definition) is 3. The number of aliphatic hydroxyl groups is 3. The van der Waals surface area contributed by atoms with Gasteiger partial charge in [0.1, 0.15) is 12.7 Å². The normalized spacial score (nSPS) is 18.9. The highest BCUT2D eigenvalue weighted by molar-refractivity contribution is 4.73. The highest BCUT2D eigenvalue weighted by Crippen LogP contribution is 1.90. The molecule has 0 saturated carbocycles. The van der Waals surface area contributed by atoms with E-state index in [2.05, 4.69) is 6.92 Å². The van der Waals surface area contributed by atoms with Gasteiger partial charge in [-0.05, 0) is 6.92 Å². The summed E-state index contributed by atoms with van der Waals surface area (Å²) in [6.07, 6.45) is -2.36. The van der Waals surface area contributed by atoms with E-state index in [0.717, 1.165) is 0 Å². The van der Waals surface area contributed by atoms with Gasteiger partial charge in [-0.3, -0.25) is 0 Å². The molecule has 0 aliphatic heterocycles. The minimum Gasteiger partial charge on any atom is -0.390 e. The Bertz CT molecular complexity index is 44.2. The van der Waals surface area contributed by atoms with Crippen molar-refractivity contribution >= 4 is 0 Å². The summed E-state index contributed by atoms with van der Waals surface area (Å²) in [5.41, 5.74) is 0. The lowest BCUT2D eigenvalue weighted by atomic mass is 10.2. The lowest BCUT2D eigenvalue weighted by Crippen LogP contribution is -2.22. The van der Waals surface area contributed by atoms with Gasteiger partial charge in [-0.15, -0.1) is 0 Å². The molecule has 0 amide bonds. The monoisotopic (exact) mass is 104 g/mol. The Labute approximate surface area is 42.2 Å². The second-order valence-electron chi connectivity index (χ2n) is 1.21. The molecule has 0 bridgehead atoms. The number of aliphatic hydroxyl groups excluding tert-OH is 3. The molecule has 0 saturated heterocycles. The van der Waals surface area contributed by atoms with E-state index in [-0.39, 0.29) is 0 Å². The van der Waals surface area contributed by atoms with E-state index >= 15 is 0 Å². The summed E-state index contributed by atoms with van der Waals surface area (Å²) in [6, 6.07) is 0. The van der Waals surface area contributed by atoms with Crippen LogP contribution in [0.2, 0.25) is 0 Å². The molecule has 0 aromatic heterocycles. The summed E-state index contributed by atoms with van der Waals surface area (Å²) in [7, 11) is 0. The van der Waals surface area contributed by atoms with E-state index in [4.69, 9.17) is 15.3 Å². The van der Waals surface area contributed by atoms with Gasteiger partial charge in [0.15, 0.2) is 0 Å². The van der Waals surface area contributed by atoms with Crippen LogP contribution in [0.5, 0.6) is 0 Å². The molecule has 7 heavy (non-hydrogen) atoms. The topological polar surface area (TPSA) is 60.7 Å². The summed E-state index contributed by atoms with van der Waals surface area (Å²) in [5, 5.41) is 24.5. The van der Waals surface area contributed by atoms with Crippen LogP contribution in [-0.2, 0) is 0 Å². The van der Waals surface area contributed by atoms with Crippen LogP contribution < -0.4 is 0 Å². The first-order chi connectivity index (χ1) is 3.18. The number of hydrogen-bond donors (Lipinski definition) is 3. The quantitative estimate of drug-likeness (QED) is 0.424. The Balaban J connectivity index is 3.14. The summed E-state index contributed by atoms with van der Waals surface area (Å²) >= 11 is 0. The lowest BCUT2D eigenvalue weighted by Gasteiger charge is -2.06. The van der Waals surface area contributed by atoms with Crippen LogP contribution in [0.15, 0.2) is 0 Å². The molecule has 3 heteroatoms. The molecule has 3 nitrogen and oxygen atoms in total. The van der Waals surface area contributed by atoms with Gasteiger partial charge in [0.2, 0.25) is 0 Å². The summed E-state index contributed by atoms with van der Waals surface area (Å²) in [6.45, 7) is 3.51. The third-order valence-corrected chi connectivity index (χ3v) is 0.547. The van der Waals surface area contributed by atoms with Crippen molar-refractivity contribution in [2.24, 2.45) is 0 Å². The first-order valence-electron chi connectivity index (χ1n) is 1.85. The maximum absolute atomic E-state index is 8.32. The van der Waals surface area contributed by atoms with Crippen molar-refractivity contribution < 1.29 is 15.3 Å². The fourth-order valence-corrected chi connectivity index (χ4v) is 0.0993. The van der Waals surface area contributed by atoms with Crippen LogP contribution in [0.25, 0.3) is 0 Å². The van der Waals surface area contributed by atoms with E-state index < -0.39 is 12.2 Å². The largest absolute Gasteiger partial charge is 0.390 e. The minimum absolute atomic E-state index is 0.484. The first kappa shape index (κ1) is 6.88. The summed E-state index contributed by atoms with van der Waals surface area (Å²) in [4.78, 5) is 0. The molecule has 0 spiro atoms. The SMILES string of the molecule is [CH2]C(O)C(O)[CH]O. The predicted octanol–water partition coefficient (Wildman–Crippen LogP) is -0.923. The molecule has 0 aliphatic rings. The molecule has 0 aromatic rings. The van der Waals surface area contributed by atoms with Gasteiger partial charge >= 0.3 is 0 Å². The number of rotatable bonds is 2. The Morgan fingerprint density at radius 3 is 1.86 bits per heavy atom. The van der Waals surface area contributed by atoms with Crippen molar-refractivity contribution in [1.29, 1.82) is 0 Å². The van der Waals surface area contributed by atoms with Gasteiger partial charge in [0.25, 0.3) is 0 Å². The van der Waals surface area contributed by atoms with Crippen molar-refractivity contribution in [1.82, 2.24) is 0 Å². The van der Waals surface area contributed by atoms with Crippen LogP contribution >= 0.6 is 0 Å². The van der Waals surface area contributed by atoms with E-state index in [0.29, 0.717) is 6.61 Å². The Morgan fingerprint density at radius 2 is 1.86 bits per heavy atom. The smallest absolute Gasteiger partial charge is 0.111 e. The van der Waals surface area contributed by atoms with Crippen molar-refractivity contribution in [2.45, 2.75) is 12.2 Å². The van der Waals surface area contributed by atoms with Crippen LogP contribution in [0, 0.1) is 13.5 Å².